The number of carboxylic acid groups (broad SMARTS) is 1. The van der Waals surface area contributed by atoms with Gasteiger partial charge >= 0.3 is 5.97 Å². The summed E-state index contributed by atoms with van der Waals surface area (Å²) in [5.74, 6) is -0.774. The first-order chi connectivity index (χ1) is 6.68. The summed E-state index contributed by atoms with van der Waals surface area (Å²) >= 11 is 0. The second kappa shape index (κ2) is 3.25. The predicted octanol–water partition coefficient (Wildman–Crippen LogP) is 1.89. The lowest BCUT2D eigenvalue weighted by atomic mass is 10.0. The number of carbonyl (C=O) groups is 1. The maximum Gasteiger partial charge on any atom is 0.307 e. The molecule has 0 atom stereocenters. The summed E-state index contributed by atoms with van der Waals surface area (Å²) in [4.78, 5) is 14.7. The van der Waals surface area contributed by atoms with Crippen LogP contribution in [0.2, 0.25) is 0 Å². The predicted molar refractivity (Wildman–Crippen MR) is 52.8 cm³/mol. The molecule has 72 valence electrons. The van der Waals surface area contributed by atoms with E-state index in [1.54, 1.807) is 6.20 Å². The van der Waals surface area contributed by atoms with Gasteiger partial charge in [0.2, 0.25) is 0 Å². The van der Waals surface area contributed by atoms with Gasteiger partial charge in [0.15, 0.2) is 0 Å². The molecule has 3 nitrogen and oxygen atoms in total. The first-order valence-electron chi connectivity index (χ1n) is 4.52. The summed E-state index contributed by atoms with van der Waals surface area (Å²) in [6.07, 6.45) is 4.47. The van der Waals surface area contributed by atoms with Gasteiger partial charge in [-0.25, -0.2) is 0 Å². The molecule has 1 aliphatic rings. The van der Waals surface area contributed by atoms with Crippen molar-refractivity contribution in [2.75, 3.05) is 0 Å². The van der Waals surface area contributed by atoms with Gasteiger partial charge in [0.1, 0.15) is 0 Å². The lowest BCUT2D eigenvalue weighted by Crippen LogP contribution is -1.96. The van der Waals surface area contributed by atoms with Gasteiger partial charge in [-0.15, -0.1) is 0 Å². The van der Waals surface area contributed by atoms with Crippen LogP contribution in [0.1, 0.15) is 24.5 Å². The molecule has 0 saturated carbocycles. The summed E-state index contributed by atoms with van der Waals surface area (Å²) in [6.45, 7) is 1.98. The number of rotatable bonds is 2. The highest BCUT2D eigenvalue weighted by Crippen LogP contribution is 2.33. The molecular formula is C11H11NO2. The van der Waals surface area contributed by atoms with Crippen LogP contribution in [0.25, 0.3) is 5.57 Å². The number of aliphatic carboxylic acids is 1. The zero-order valence-corrected chi connectivity index (χ0v) is 7.95. The number of aromatic nitrogens is 1. The molecule has 3 heteroatoms. The Morgan fingerprint density at radius 2 is 2.43 bits per heavy atom. The van der Waals surface area contributed by atoms with E-state index in [0.717, 1.165) is 28.7 Å². The van der Waals surface area contributed by atoms with Crippen LogP contribution >= 0.6 is 0 Å². The molecule has 1 heterocycles. The van der Waals surface area contributed by atoms with E-state index in [9.17, 15) is 4.79 Å². The van der Waals surface area contributed by atoms with Crippen LogP contribution in [0, 0.1) is 0 Å². The van der Waals surface area contributed by atoms with Gasteiger partial charge in [-0.1, -0.05) is 5.57 Å². The molecule has 2 rings (SSSR count). The SMILES string of the molecule is CC1=C(CC(=O)O)c2ccncc2C1. The van der Waals surface area contributed by atoms with E-state index in [0.29, 0.717) is 0 Å². The maximum atomic E-state index is 10.7. The largest absolute Gasteiger partial charge is 0.481 e. The molecule has 0 unspecified atom stereocenters. The van der Waals surface area contributed by atoms with Gasteiger partial charge in [-0.3, -0.25) is 9.78 Å². The van der Waals surface area contributed by atoms with Crippen LogP contribution in [-0.4, -0.2) is 16.1 Å². The number of hydrogen-bond acceptors (Lipinski definition) is 2. The Morgan fingerprint density at radius 1 is 1.64 bits per heavy atom. The molecule has 0 saturated heterocycles. The van der Waals surface area contributed by atoms with Gasteiger partial charge < -0.3 is 5.11 Å². The Hall–Kier alpha value is -1.64. The van der Waals surface area contributed by atoms with Crippen LogP contribution in [-0.2, 0) is 11.2 Å². The fourth-order valence-corrected chi connectivity index (χ4v) is 1.88. The highest BCUT2D eigenvalue weighted by molar-refractivity contribution is 5.88. The van der Waals surface area contributed by atoms with E-state index in [4.69, 9.17) is 5.11 Å². The van der Waals surface area contributed by atoms with Gasteiger partial charge in [-0.05, 0) is 36.1 Å². The van der Waals surface area contributed by atoms with Crippen molar-refractivity contribution in [2.24, 2.45) is 0 Å². The van der Waals surface area contributed by atoms with Gasteiger partial charge in [-0.2, -0.15) is 0 Å². The fraction of sp³-hybridized carbons (Fsp3) is 0.273. The van der Waals surface area contributed by atoms with E-state index in [1.165, 1.54) is 0 Å². The zero-order chi connectivity index (χ0) is 10.1. The molecule has 0 aromatic carbocycles. The molecule has 0 fully saturated rings. The quantitative estimate of drug-likeness (QED) is 0.772. The van der Waals surface area contributed by atoms with Gasteiger partial charge in [0.25, 0.3) is 0 Å². The van der Waals surface area contributed by atoms with E-state index in [-0.39, 0.29) is 6.42 Å². The van der Waals surface area contributed by atoms with Crippen LogP contribution in [0.15, 0.2) is 24.0 Å². The maximum absolute atomic E-state index is 10.7. The summed E-state index contributed by atoms with van der Waals surface area (Å²) < 4.78 is 0. The Balaban J connectivity index is 2.41. The molecule has 1 N–H and O–H groups in total. The van der Waals surface area contributed by atoms with E-state index >= 15 is 0 Å². The third kappa shape index (κ3) is 1.41. The van der Waals surface area contributed by atoms with Crippen molar-refractivity contribution < 1.29 is 9.90 Å². The first kappa shape index (κ1) is 8.94. The van der Waals surface area contributed by atoms with Crippen molar-refractivity contribution in [3.8, 4) is 0 Å². The van der Waals surface area contributed by atoms with E-state index in [2.05, 4.69) is 4.98 Å². The molecule has 14 heavy (non-hydrogen) atoms. The number of fused-ring (bicyclic) bond motifs is 1. The Bertz CT molecular complexity index is 421. The van der Waals surface area contributed by atoms with Crippen molar-refractivity contribution in [2.45, 2.75) is 19.8 Å². The summed E-state index contributed by atoms with van der Waals surface area (Å²) in [5, 5.41) is 8.77. The summed E-state index contributed by atoms with van der Waals surface area (Å²) in [7, 11) is 0. The van der Waals surface area contributed by atoms with E-state index < -0.39 is 5.97 Å². The highest BCUT2D eigenvalue weighted by Gasteiger charge is 2.20. The number of carboxylic acids is 1. The van der Waals surface area contributed by atoms with Crippen molar-refractivity contribution in [1.29, 1.82) is 0 Å². The Morgan fingerprint density at radius 3 is 3.14 bits per heavy atom. The van der Waals surface area contributed by atoms with Gasteiger partial charge in [0, 0.05) is 12.4 Å². The topological polar surface area (TPSA) is 50.2 Å². The first-order valence-corrected chi connectivity index (χ1v) is 4.52. The average Bonchev–Trinajstić information content (AvgIpc) is 2.43. The zero-order valence-electron chi connectivity index (χ0n) is 7.95. The smallest absolute Gasteiger partial charge is 0.307 e. The minimum Gasteiger partial charge on any atom is -0.481 e. The third-order valence-corrected chi connectivity index (χ3v) is 2.53. The van der Waals surface area contributed by atoms with E-state index in [1.807, 2.05) is 19.2 Å². The molecule has 1 aromatic heterocycles. The Kier molecular flexibility index (Phi) is 2.08. The van der Waals surface area contributed by atoms with Crippen LogP contribution in [0.4, 0.5) is 0 Å². The standard InChI is InChI=1S/C11H11NO2/c1-7-4-8-6-12-3-2-9(8)10(7)5-11(13)14/h2-3,6H,4-5H2,1H3,(H,13,14). The molecule has 0 aliphatic heterocycles. The number of pyridine rings is 1. The lowest BCUT2D eigenvalue weighted by molar-refractivity contribution is -0.135. The van der Waals surface area contributed by atoms with Crippen molar-refractivity contribution >= 4 is 11.5 Å². The molecular weight excluding hydrogens is 178 g/mol. The second-order valence-electron chi connectivity index (χ2n) is 3.54. The molecule has 1 aliphatic carbocycles. The average molecular weight is 189 g/mol. The van der Waals surface area contributed by atoms with Crippen molar-refractivity contribution in [3.63, 3.8) is 0 Å². The molecule has 0 bridgehead atoms. The number of allylic oxidation sites excluding steroid dienone is 1. The van der Waals surface area contributed by atoms with Crippen LogP contribution < -0.4 is 0 Å². The Labute approximate surface area is 82.1 Å². The molecule has 0 spiro atoms. The van der Waals surface area contributed by atoms with Crippen LogP contribution in [0.5, 0.6) is 0 Å². The number of nitrogens with zero attached hydrogens (tertiary/aromatic N) is 1. The monoisotopic (exact) mass is 189 g/mol. The summed E-state index contributed by atoms with van der Waals surface area (Å²) in [6, 6.07) is 1.89. The summed E-state index contributed by atoms with van der Waals surface area (Å²) in [5.41, 5.74) is 4.30. The molecule has 0 amide bonds. The van der Waals surface area contributed by atoms with Crippen molar-refractivity contribution in [3.05, 3.63) is 35.2 Å². The third-order valence-electron chi connectivity index (χ3n) is 2.53. The fourth-order valence-electron chi connectivity index (χ4n) is 1.88. The highest BCUT2D eigenvalue weighted by atomic mass is 16.4. The second-order valence-corrected chi connectivity index (χ2v) is 3.54. The minimum absolute atomic E-state index is 0.114. The normalized spacial score (nSPS) is 14.4. The molecule has 1 aromatic rings. The molecule has 0 radical (unpaired) electrons. The van der Waals surface area contributed by atoms with Crippen molar-refractivity contribution in [1.82, 2.24) is 4.98 Å². The van der Waals surface area contributed by atoms with Crippen LogP contribution in [0.3, 0.4) is 0 Å². The lowest BCUT2D eigenvalue weighted by Gasteiger charge is -2.02. The minimum atomic E-state index is -0.774. The number of hydrogen-bond donors (Lipinski definition) is 1. The van der Waals surface area contributed by atoms with Gasteiger partial charge in [0.05, 0.1) is 6.42 Å².